The van der Waals surface area contributed by atoms with Crippen LogP contribution in [0.25, 0.3) is 0 Å². The largest absolute Gasteiger partial charge is 0.485 e. The first-order valence-corrected chi connectivity index (χ1v) is 5.54. The van der Waals surface area contributed by atoms with Gasteiger partial charge in [-0.25, -0.2) is 0 Å². The summed E-state index contributed by atoms with van der Waals surface area (Å²) in [4.78, 5) is 0. The second-order valence-corrected chi connectivity index (χ2v) is 4.98. The zero-order valence-electron chi connectivity index (χ0n) is 8.43. The summed E-state index contributed by atoms with van der Waals surface area (Å²) < 4.78 is 7.04. The van der Waals surface area contributed by atoms with Gasteiger partial charge in [-0.15, -0.1) is 0 Å². The maximum absolute atomic E-state index is 5.94. The van der Waals surface area contributed by atoms with Gasteiger partial charge in [-0.1, -0.05) is 15.9 Å². The fourth-order valence-electron chi connectivity index (χ4n) is 1.54. The lowest BCUT2D eigenvalue weighted by atomic mass is 10.00. The van der Waals surface area contributed by atoms with E-state index in [1.54, 1.807) is 0 Å². The van der Waals surface area contributed by atoms with Crippen molar-refractivity contribution < 1.29 is 4.74 Å². The van der Waals surface area contributed by atoms with Crippen molar-refractivity contribution in [3.8, 4) is 5.75 Å². The second-order valence-electron chi connectivity index (χ2n) is 4.07. The molecule has 1 aliphatic heterocycles. The Balaban J connectivity index is 2.16. The predicted octanol–water partition coefficient (Wildman–Crippen LogP) is 2.50. The van der Waals surface area contributed by atoms with Gasteiger partial charge in [0.1, 0.15) is 11.4 Å². The summed E-state index contributed by atoms with van der Waals surface area (Å²) in [6.45, 7) is 6.06. The molecule has 1 fully saturated rings. The highest BCUT2D eigenvalue weighted by Gasteiger charge is 2.34. The molecular weight excluding hydrogens is 242 g/mol. The molecule has 0 bridgehead atoms. The van der Waals surface area contributed by atoms with E-state index in [2.05, 4.69) is 41.2 Å². The molecule has 1 N–H and O–H groups in total. The molecule has 1 aromatic rings. The maximum Gasteiger partial charge on any atom is 0.131 e. The first-order chi connectivity index (χ1) is 6.59. The van der Waals surface area contributed by atoms with Gasteiger partial charge in [0.15, 0.2) is 0 Å². The summed E-state index contributed by atoms with van der Waals surface area (Å²) in [5.74, 6) is 0.984. The average Bonchev–Trinajstić information content (AvgIpc) is 2.07. The molecule has 0 radical (unpaired) electrons. The SMILES string of the molecule is Cc1cc(Br)ccc1OC1(C)CNC1. The predicted molar refractivity (Wildman–Crippen MR) is 60.8 cm³/mol. The third-order valence-corrected chi connectivity index (χ3v) is 2.98. The van der Waals surface area contributed by atoms with E-state index in [9.17, 15) is 0 Å². The van der Waals surface area contributed by atoms with Crippen molar-refractivity contribution in [2.75, 3.05) is 13.1 Å². The van der Waals surface area contributed by atoms with Crippen LogP contribution in [0.4, 0.5) is 0 Å². The van der Waals surface area contributed by atoms with Crippen molar-refractivity contribution in [3.05, 3.63) is 28.2 Å². The minimum atomic E-state index is -0.0153. The van der Waals surface area contributed by atoms with E-state index in [1.165, 1.54) is 5.56 Å². The molecule has 0 amide bonds. The quantitative estimate of drug-likeness (QED) is 0.877. The molecule has 1 aliphatic rings. The maximum atomic E-state index is 5.94. The van der Waals surface area contributed by atoms with E-state index in [0.717, 1.165) is 23.3 Å². The molecule has 0 saturated carbocycles. The average molecular weight is 256 g/mol. The minimum Gasteiger partial charge on any atom is -0.485 e. The van der Waals surface area contributed by atoms with E-state index < -0.39 is 0 Å². The van der Waals surface area contributed by atoms with E-state index in [1.807, 2.05) is 12.1 Å². The summed E-state index contributed by atoms with van der Waals surface area (Å²) in [6, 6.07) is 6.10. The van der Waals surface area contributed by atoms with Crippen LogP contribution in [0, 0.1) is 6.92 Å². The zero-order valence-corrected chi connectivity index (χ0v) is 10.0. The van der Waals surface area contributed by atoms with E-state index in [4.69, 9.17) is 4.74 Å². The van der Waals surface area contributed by atoms with Gasteiger partial charge in [-0.3, -0.25) is 0 Å². The van der Waals surface area contributed by atoms with Gasteiger partial charge in [0.25, 0.3) is 0 Å². The third-order valence-electron chi connectivity index (χ3n) is 2.49. The Hall–Kier alpha value is -0.540. The van der Waals surface area contributed by atoms with Gasteiger partial charge in [0.2, 0.25) is 0 Å². The highest BCUT2D eigenvalue weighted by atomic mass is 79.9. The summed E-state index contributed by atoms with van der Waals surface area (Å²) in [6.07, 6.45) is 0. The summed E-state index contributed by atoms with van der Waals surface area (Å²) in [5, 5.41) is 3.22. The second kappa shape index (κ2) is 3.55. The highest BCUT2D eigenvalue weighted by molar-refractivity contribution is 9.10. The van der Waals surface area contributed by atoms with Crippen molar-refractivity contribution in [2.24, 2.45) is 0 Å². The van der Waals surface area contributed by atoms with Gasteiger partial charge in [-0.2, -0.15) is 0 Å². The van der Waals surface area contributed by atoms with E-state index in [-0.39, 0.29) is 5.60 Å². The van der Waals surface area contributed by atoms with Crippen LogP contribution in [0.3, 0.4) is 0 Å². The van der Waals surface area contributed by atoms with Crippen LogP contribution in [-0.4, -0.2) is 18.7 Å². The molecule has 2 nitrogen and oxygen atoms in total. The van der Waals surface area contributed by atoms with Crippen molar-refractivity contribution in [2.45, 2.75) is 19.4 Å². The van der Waals surface area contributed by atoms with Gasteiger partial charge in [0, 0.05) is 17.6 Å². The Kier molecular flexibility index (Phi) is 2.54. The molecule has 3 heteroatoms. The molecule has 1 saturated heterocycles. The van der Waals surface area contributed by atoms with Gasteiger partial charge >= 0.3 is 0 Å². The lowest BCUT2D eigenvalue weighted by molar-refractivity contribution is 0.0342. The lowest BCUT2D eigenvalue weighted by Crippen LogP contribution is -2.61. The normalized spacial score (nSPS) is 18.8. The number of benzene rings is 1. The van der Waals surface area contributed by atoms with Crippen LogP contribution in [0.1, 0.15) is 12.5 Å². The Morgan fingerprint density at radius 2 is 2.14 bits per heavy atom. The van der Waals surface area contributed by atoms with Crippen LogP contribution < -0.4 is 10.1 Å². The van der Waals surface area contributed by atoms with Gasteiger partial charge in [-0.05, 0) is 37.6 Å². The van der Waals surface area contributed by atoms with Crippen molar-refractivity contribution >= 4 is 15.9 Å². The Morgan fingerprint density at radius 3 is 2.64 bits per heavy atom. The van der Waals surface area contributed by atoms with Crippen molar-refractivity contribution in [3.63, 3.8) is 0 Å². The number of aryl methyl sites for hydroxylation is 1. The van der Waals surface area contributed by atoms with Gasteiger partial charge in [0.05, 0.1) is 0 Å². The van der Waals surface area contributed by atoms with Crippen LogP contribution in [0.2, 0.25) is 0 Å². The molecule has 1 aromatic carbocycles. The number of hydrogen-bond acceptors (Lipinski definition) is 2. The standard InChI is InChI=1S/C11H14BrNO/c1-8-5-9(12)3-4-10(8)14-11(2)6-13-7-11/h3-5,13H,6-7H2,1-2H3. The minimum absolute atomic E-state index is 0.0153. The van der Waals surface area contributed by atoms with Crippen molar-refractivity contribution in [1.29, 1.82) is 0 Å². The third kappa shape index (κ3) is 1.93. The molecule has 0 aromatic heterocycles. The first kappa shape index (κ1) is 9.99. The van der Waals surface area contributed by atoms with Gasteiger partial charge < -0.3 is 10.1 Å². The first-order valence-electron chi connectivity index (χ1n) is 4.75. The number of rotatable bonds is 2. The topological polar surface area (TPSA) is 21.3 Å². The van der Waals surface area contributed by atoms with Crippen molar-refractivity contribution in [1.82, 2.24) is 5.32 Å². The van der Waals surface area contributed by atoms with Crippen LogP contribution in [0.5, 0.6) is 5.75 Å². The molecule has 2 rings (SSSR count). The molecule has 1 heterocycles. The number of nitrogens with one attached hydrogen (secondary N) is 1. The molecular formula is C11H14BrNO. The fourth-order valence-corrected chi connectivity index (χ4v) is 2.02. The number of hydrogen-bond donors (Lipinski definition) is 1. The van der Waals surface area contributed by atoms with Crippen LogP contribution in [-0.2, 0) is 0 Å². The Labute approximate surface area is 92.8 Å². The van der Waals surface area contributed by atoms with E-state index in [0.29, 0.717) is 0 Å². The summed E-state index contributed by atoms with van der Waals surface area (Å²) in [7, 11) is 0. The zero-order chi connectivity index (χ0) is 10.2. The lowest BCUT2D eigenvalue weighted by Gasteiger charge is -2.39. The summed E-state index contributed by atoms with van der Waals surface area (Å²) >= 11 is 3.44. The van der Waals surface area contributed by atoms with E-state index >= 15 is 0 Å². The monoisotopic (exact) mass is 255 g/mol. The molecule has 0 aliphatic carbocycles. The molecule has 14 heavy (non-hydrogen) atoms. The summed E-state index contributed by atoms with van der Waals surface area (Å²) in [5.41, 5.74) is 1.16. The molecule has 0 atom stereocenters. The van der Waals surface area contributed by atoms with Crippen LogP contribution >= 0.6 is 15.9 Å². The molecule has 76 valence electrons. The Bertz CT molecular complexity index is 347. The highest BCUT2D eigenvalue weighted by Crippen LogP contribution is 2.27. The number of halogens is 1. The molecule has 0 unspecified atom stereocenters. The fraction of sp³-hybridized carbons (Fsp3) is 0.455. The van der Waals surface area contributed by atoms with Crippen LogP contribution in [0.15, 0.2) is 22.7 Å². The smallest absolute Gasteiger partial charge is 0.131 e. The molecule has 0 spiro atoms. The Morgan fingerprint density at radius 1 is 1.43 bits per heavy atom. The number of ether oxygens (including phenoxy) is 1.